The van der Waals surface area contributed by atoms with E-state index >= 15 is 0 Å². The molecule has 4 nitrogen and oxygen atoms in total. The number of carboxylic acid groups (broad SMARTS) is 1. The highest BCUT2D eigenvalue weighted by Gasteiger charge is 2.29. The molecule has 0 heterocycles. The molecule has 0 bridgehead atoms. The van der Waals surface area contributed by atoms with Gasteiger partial charge in [0.1, 0.15) is 9.65 Å². The number of halogens is 3. The van der Waals surface area contributed by atoms with Crippen molar-refractivity contribution in [3.63, 3.8) is 0 Å². The first-order valence-electron chi connectivity index (χ1n) is 4.91. The Bertz CT molecular complexity index is 481. The van der Waals surface area contributed by atoms with E-state index in [-0.39, 0.29) is 0 Å². The highest BCUT2D eigenvalue weighted by atomic mass is 79.9. The summed E-state index contributed by atoms with van der Waals surface area (Å²) in [5.74, 6) is -1.57. The van der Waals surface area contributed by atoms with Gasteiger partial charge in [0, 0.05) is 10.7 Å². The van der Waals surface area contributed by atoms with E-state index in [0.29, 0.717) is 10.7 Å². The van der Waals surface area contributed by atoms with Crippen molar-refractivity contribution in [1.82, 2.24) is 0 Å². The molecule has 2 atom stereocenters. The van der Waals surface area contributed by atoms with Crippen molar-refractivity contribution in [1.29, 1.82) is 0 Å². The highest BCUT2D eigenvalue weighted by Crippen LogP contribution is 2.22. The second-order valence-corrected chi connectivity index (χ2v) is 6.00. The molecule has 1 amide bonds. The molecule has 0 aliphatic rings. The van der Waals surface area contributed by atoms with Crippen molar-refractivity contribution in [3.8, 4) is 0 Å². The Kier molecular flexibility index (Phi) is 5.62. The molecule has 1 rings (SSSR count). The first kappa shape index (κ1) is 15.5. The van der Waals surface area contributed by atoms with Gasteiger partial charge in [0.25, 0.3) is 0 Å². The molecule has 2 N–H and O–H groups in total. The Balaban J connectivity index is 2.81. The van der Waals surface area contributed by atoms with Gasteiger partial charge >= 0.3 is 5.97 Å². The minimum absolute atomic E-state index is 0.454. The van der Waals surface area contributed by atoms with Crippen molar-refractivity contribution in [2.24, 2.45) is 0 Å². The SMILES string of the molecule is Cc1ccc(Cl)cc1NC(=O)[C@@H](Br)[C@@H](Br)C(=O)O. The van der Waals surface area contributed by atoms with Crippen molar-refractivity contribution < 1.29 is 14.7 Å². The second kappa shape index (κ2) is 6.54. The number of anilines is 1. The van der Waals surface area contributed by atoms with Gasteiger partial charge in [-0.3, -0.25) is 9.59 Å². The van der Waals surface area contributed by atoms with Crippen LogP contribution in [0.2, 0.25) is 5.02 Å². The van der Waals surface area contributed by atoms with Crippen LogP contribution in [0, 0.1) is 6.92 Å². The maximum atomic E-state index is 11.8. The fourth-order valence-corrected chi connectivity index (χ4v) is 1.94. The lowest BCUT2D eigenvalue weighted by Crippen LogP contribution is -2.34. The van der Waals surface area contributed by atoms with E-state index in [9.17, 15) is 9.59 Å². The normalized spacial score (nSPS) is 13.8. The lowest BCUT2D eigenvalue weighted by atomic mass is 10.2. The average Bonchev–Trinajstić information content (AvgIpc) is 2.31. The zero-order valence-corrected chi connectivity index (χ0v) is 13.2. The zero-order valence-electron chi connectivity index (χ0n) is 9.28. The number of carbonyl (C=O) groups is 2. The number of carboxylic acids is 1. The fourth-order valence-electron chi connectivity index (χ4n) is 1.19. The third kappa shape index (κ3) is 3.96. The first-order chi connectivity index (χ1) is 8.32. The minimum Gasteiger partial charge on any atom is -0.480 e. The van der Waals surface area contributed by atoms with Crippen LogP contribution >= 0.6 is 43.5 Å². The molecule has 98 valence electrons. The molecule has 0 saturated heterocycles. The minimum atomic E-state index is -1.12. The summed E-state index contributed by atoms with van der Waals surface area (Å²) < 4.78 is 0. The molecule has 0 unspecified atom stereocenters. The zero-order chi connectivity index (χ0) is 13.9. The molecule has 0 radical (unpaired) electrons. The van der Waals surface area contributed by atoms with Gasteiger partial charge in [-0.1, -0.05) is 49.5 Å². The number of nitrogens with one attached hydrogen (secondary N) is 1. The first-order valence-corrected chi connectivity index (χ1v) is 7.12. The largest absolute Gasteiger partial charge is 0.480 e. The fraction of sp³-hybridized carbons (Fsp3) is 0.273. The van der Waals surface area contributed by atoms with Crippen LogP contribution in [0.15, 0.2) is 18.2 Å². The molecule has 0 aliphatic carbocycles. The number of aryl methyl sites for hydroxylation is 1. The van der Waals surface area contributed by atoms with Crippen molar-refractivity contribution >= 4 is 61.0 Å². The van der Waals surface area contributed by atoms with Gasteiger partial charge < -0.3 is 10.4 Å². The topological polar surface area (TPSA) is 66.4 Å². The molecule has 7 heteroatoms. The monoisotopic (exact) mass is 397 g/mol. The number of aliphatic carboxylic acids is 1. The Morgan fingerprint density at radius 3 is 2.50 bits per heavy atom. The van der Waals surface area contributed by atoms with Crippen molar-refractivity contribution in [3.05, 3.63) is 28.8 Å². The Morgan fingerprint density at radius 2 is 1.94 bits per heavy atom. The Hall–Kier alpha value is -0.590. The Labute approximate surface area is 126 Å². The van der Waals surface area contributed by atoms with Crippen molar-refractivity contribution in [2.75, 3.05) is 5.32 Å². The summed E-state index contributed by atoms with van der Waals surface area (Å²) in [7, 11) is 0. The van der Waals surface area contributed by atoms with Crippen LogP contribution in [0.4, 0.5) is 5.69 Å². The highest BCUT2D eigenvalue weighted by molar-refractivity contribution is 9.12. The predicted octanol–water partition coefficient (Wildman–Crippen LogP) is 3.20. The average molecular weight is 399 g/mol. The Morgan fingerprint density at radius 1 is 1.33 bits per heavy atom. The van der Waals surface area contributed by atoms with E-state index in [1.165, 1.54) is 0 Å². The summed E-state index contributed by atoms with van der Waals surface area (Å²) in [5.41, 5.74) is 1.40. The van der Waals surface area contributed by atoms with E-state index in [1.807, 2.05) is 6.92 Å². The summed E-state index contributed by atoms with van der Waals surface area (Å²) in [5, 5.41) is 11.9. The van der Waals surface area contributed by atoms with E-state index in [4.69, 9.17) is 16.7 Å². The van der Waals surface area contributed by atoms with E-state index in [1.54, 1.807) is 18.2 Å². The van der Waals surface area contributed by atoms with Crippen LogP contribution in [0.1, 0.15) is 5.56 Å². The summed E-state index contributed by atoms with van der Waals surface area (Å²) >= 11 is 11.8. The molecule has 0 aromatic heterocycles. The molecule has 0 aliphatic heterocycles. The van der Waals surface area contributed by atoms with Gasteiger partial charge in [-0.2, -0.15) is 0 Å². The van der Waals surface area contributed by atoms with E-state index in [2.05, 4.69) is 37.2 Å². The van der Waals surface area contributed by atoms with E-state index in [0.717, 1.165) is 5.56 Å². The lowest BCUT2D eigenvalue weighted by molar-refractivity contribution is -0.137. The number of rotatable bonds is 4. The number of carbonyl (C=O) groups excluding carboxylic acids is 1. The van der Waals surface area contributed by atoms with Crippen LogP contribution in [-0.4, -0.2) is 26.6 Å². The lowest BCUT2D eigenvalue weighted by Gasteiger charge is -2.14. The third-order valence-electron chi connectivity index (χ3n) is 2.20. The molecule has 0 saturated carbocycles. The van der Waals surface area contributed by atoms with Crippen LogP contribution < -0.4 is 5.32 Å². The predicted molar refractivity (Wildman–Crippen MR) is 77.9 cm³/mol. The van der Waals surface area contributed by atoms with Gasteiger partial charge in [0.2, 0.25) is 5.91 Å². The number of amides is 1. The van der Waals surface area contributed by atoms with Crippen LogP contribution in [0.5, 0.6) is 0 Å². The van der Waals surface area contributed by atoms with Crippen molar-refractivity contribution in [2.45, 2.75) is 16.6 Å². The molecular weight excluding hydrogens is 389 g/mol. The molecule has 1 aromatic carbocycles. The number of hydrogen-bond donors (Lipinski definition) is 2. The molecule has 0 spiro atoms. The van der Waals surface area contributed by atoms with Gasteiger partial charge in [0.05, 0.1) is 0 Å². The van der Waals surface area contributed by atoms with Gasteiger partial charge in [-0.05, 0) is 24.6 Å². The van der Waals surface area contributed by atoms with Gasteiger partial charge in [-0.25, -0.2) is 0 Å². The molecular formula is C11H10Br2ClNO3. The number of alkyl halides is 2. The maximum absolute atomic E-state index is 11.8. The van der Waals surface area contributed by atoms with Gasteiger partial charge in [-0.15, -0.1) is 0 Å². The smallest absolute Gasteiger partial charge is 0.318 e. The summed E-state index contributed by atoms with van der Waals surface area (Å²) in [6.07, 6.45) is 0. The molecule has 0 fully saturated rings. The number of benzene rings is 1. The quantitative estimate of drug-likeness (QED) is 0.764. The van der Waals surface area contributed by atoms with Crippen LogP contribution in [0.25, 0.3) is 0 Å². The summed E-state index contributed by atoms with van der Waals surface area (Å²) in [6, 6.07) is 5.09. The summed E-state index contributed by atoms with van der Waals surface area (Å²) in [6.45, 7) is 1.82. The van der Waals surface area contributed by atoms with Gasteiger partial charge in [0.15, 0.2) is 0 Å². The summed E-state index contributed by atoms with van der Waals surface area (Å²) in [4.78, 5) is 20.7. The standard InChI is InChI=1S/C11H10Br2ClNO3/c1-5-2-3-6(14)4-7(5)15-10(16)8(12)9(13)11(17)18/h2-4,8-9H,1H3,(H,15,16)(H,17,18)/t8-,9+/m0/s1. The second-order valence-electron chi connectivity index (χ2n) is 3.59. The van der Waals surface area contributed by atoms with Crippen LogP contribution in [0.3, 0.4) is 0 Å². The molecule has 1 aromatic rings. The molecule has 18 heavy (non-hydrogen) atoms. The third-order valence-corrected chi connectivity index (χ3v) is 5.01. The van der Waals surface area contributed by atoms with E-state index < -0.39 is 21.5 Å². The van der Waals surface area contributed by atoms with Crippen LogP contribution in [-0.2, 0) is 9.59 Å². The maximum Gasteiger partial charge on any atom is 0.318 e. The number of hydrogen-bond acceptors (Lipinski definition) is 2.